The van der Waals surface area contributed by atoms with Crippen molar-refractivity contribution in [3.05, 3.63) is 12.2 Å². The summed E-state index contributed by atoms with van der Waals surface area (Å²) in [4.78, 5) is 24.6. The van der Waals surface area contributed by atoms with Crippen molar-refractivity contribution in [2.45, 2.75) is 398 Å². The molecular formula is C68H133NO5. The van der Waals surface area contributed by atoms with Gasteiger partial charge in [-0.25, -0.2) is 0 Å². The van der Waals surface area contributed by atoms with E-state index in [1.807, 2.05) is 0 Å². The highest BCUT2D eigenvalue weighted by atomic mass is 16.5. The summed E-state index contributed by atoms with van der Waals surface area (Å²) in [7, 11) is 0. The molecule has 0 aliphatic carbocycles. The van der Waals surface area contributed by atoms with Gasteiger partial charge in [-0.2, -0.15) is 0 Å². The molecule has 0 radical (unpaired) electrons. The Kier molecular flexibility index (Phi) is 62.9. The maximum Gasteiger partial charge on any atom is 0.305 e. The number of amides is 1. The van der Waals surface area contributed by atoms with E-state index in [0.717, 1.165) is 44.9 Å². The maximum atomic E-state index is 12.5. The quantitative estimate of drug-likeness (QED) is 0.0320. The topological polar surface area (TPSA) is 95.9 Å². The van der Waals surface area contributed by atoms with Crippen LogP contribution in [0.1, 0.15) is 386 Å². The van der Waals surface area contributed by atoms with E-state index >= 15 is 0 Å². The second-order valence-corrected chi connectivity index (χ2v) is 23.5. The van der Waals surface area contributed by atoms with Gasteiger partial charge in [0.05, 0.1) is 25.4 Å². The molecule has 0 saturated heterocycles. The number of carbonyl (C=O) groups excluding carboxylic acids is 2. The third-order valence-corrected chi connectivity index (χ3v) is 16.1. The van der Waals surface area contributed by atoms with Crippen molar-refractivity contribution in [3.63, 3.8) is 0 Å². The van der Waals surface area contributed by atoms with E-state index in [4.69, 9.17) is 4.74 Å². The average molecular weight is 1040 g/mol. The van der Waals surface area contributed by atoms with Gasteiger partial charge >= 0.3 is 5.97 Å². The van der Waals surface area contributed by atoms with Crippen LogP contribution in [-0.2, 0) is 14.3 Å². The number of hydrogen-bond donors (Lipinski definition) is 3. The highest BCUT2D eigenvalue weighted by Crippen LogP contribution is 2.19. The first kappa shape index (κ1) is 72.6. The van der Waals surface area contributed by atoms with Gasteiger partial charge in [-0.05, 0) is 51.4 Å². The Morgan fingerprint density at radius 2 is 0.635 bits per heavy atom. The third-order valence-electron chi connectivity index (χ3n) is 16.1. The molecule has 2 unspecified atom stereocenters. The van der Waals surface area contributed by atoms with Crippen LogP contribution in [0.4, 0.5) is 0 Å². The van der Waals surface area contributed by atoms with Crippen molar-refractivity contribution >= 4 is 11.9 Å². The Morgan fingerprint density at radius 1 is 0.365 bits per heavy atom. The molecule has 0 aromatic rings. The number of aliphatic hydroxyl groups excluding tert-OH is 2. The van der Waals surface area contributed by atoms with Crippen LogP contribution in [0.25, 0.3) is 0 Å². The minimum Gasteiger partial charge on any atom is -0.466 e. The molecule has 1 amide bonds. The molecule has 0 aromatic carbocycles. The molecule has 0 rings (SSSR count). The number of unbranched alkanes of at least 4 members (excludes halogenated alkanes) is 51. The molecule has 0 saturated carbocycles. The fourth-order valence-electron chi connectivity index (χ4n) is 10.9. The number of nitrogens with one attached hydrogen (secondary N) is 1. The van der Waals surface area contributed by atoms with Crippen molar-refractivity contribution in [2.75, 3.05) is 13.2 Å². The first-order chi connectivity index (χ1) is 36.5. The standard InChI is InChI=1S/C68H133NO5/c1-3-5-7-9-11-13-15-17-19-20-21-22-23-24-25-26-29-33-36-40-44-48-52-56-60-66(71)65(64-70)69-67(72)61-57-53-49-45-41-37-34-30-27-28-31-35-39-43-47-51-55-59-63-74-68(73)62-58-54-50-46-42-38-32-18-16-14-12-10-8-6-4-2/h18,32,65-66,70-71H,3-17,19-31,33-64H2,1-2H3,(H,69,72)/b32-18-. The van der Waals surface area contributed by atoms with E-state index in [9.17, 15) is 19.8 Å². The zero-order chi connectivity index (χ0) is 53.6. The molecule has 0 bridgehead atoms. The van der Waals surface area contributed by atoms with E-state index in [1.54, 1.807) is 0 Å². The number of hydrogen-bond acceptors (Lipinski definition) is 5. The van der Waals surface area contributed by atoms with Crippen molar-refractivity contribution in [1.82, 2.24) is 5.32 Å². The van der Waals surface area contributed by atoms with Crippen molar-refractivity contribution in [3.8, 4) is 0 Å². The highest BCUT2D eigenvalue weighted by molar-refractivity contribution is 5.76. The van der Waals surface area contributed by atoms with E-state index in [2.05, 4.69) is 31.3 Å². The van der Waals surface area contributed by atoms with Crippen molar-refractivity contribution < 1.29 is 24.5 Å². The number of esters is 1. The zero-order valence-corrected chi connectivity index (χ0v) is 50.4. The lowest BCUT2D eigenvalue weighted by molar-refractivity contribution is -0.143. The SMILES string of the molecule is CCCCCCCC/C=C\CCCCCCCC(=O)OCCCCCCCCCCCCCCCCCCCCC(=O)NC(CO)C(O)CCCCCCCCCCCCCCCCCCCCCCCCCC. The second-order valence-electron chi connectivity index (χ2n) is 23.5. The molecule has 6 heteroatoms. The first-order valence-electron chi connectivity index (χ1n) is 33.9. The fraction of sp³-hybridized carbons (Fsp3) is 0.941. The molecule has 74 heavy (non-hydrogen) atoms. The molecule has 3 N–H and O–H groups in total. The predicted octanol–water partition coefficient (Wildman–Crippen LogP) is 21.6. The number of rotatable bonds is 64. The van der Waals surface area contributed by atoms with Crippen LogP contribution in [0, 0.1) is 0 Å². The lowest BCUT2D eigenvalue weighted by Gasteiger charge is -2.22. The summed E-state index contributed by atoms with van der Waals surface area (Å²) >= 11 is 0. The molecule has 2 atom stereocenters. The maximum absolute atomic E-state index is 12.5. The van der Waals surface area contributed by atoms with Gasteiger partial charge in [-0.3, -0.25) is 9.59 Å². The van der Waals surface area contributed by atoms with Crippen LogP contribution in [-0.4, -0.2) is 47.4 Å². The van der Waals surface area contributed by atoms with Gasteiger partial charge in [0.1, 0.15) is 0 Å². The summed E-state index contributed by atoms with van der Waals surface area (Å²) < 4.78 is 5.48. The van der Waals surface area contributed by atoms with Crippen LogP contribution >= 0.6 is 0 Å². The second kappa shape index (κ2) is 64.1. The minimum absolute atomic E-state index is 0.000790. The average Bonchev–Trinajstić information content (AvgIpc) is 3.40. The lowest BCUT2D eigenvalue weighted by atomic mass is 10.0. The van der Waals surface area contributed by atoms with Crippen LogP contribution in [0.3, 0.4) is 0 Å². The number of aliphatic hydroxyl groups is 2. The van der Waals surface area contributed by atoms with Gasteiger partial charge < -0.3 is 20.3 Å². The van der Waals surface area contributed by atoms with Gasteiger partial charge in [0.15, 0.2) is 0 Å². The smallest absolute Gasteiger partial charge is 0.305 e. The number of allylic oxidation sites excluding steroid dienone is 2. The number of ether oxygens (including phenoxy) is 1. The Morgan fingerprint density at radius 3 is 0.959 bits per heavy atom. The van der Waals surface area contributed by atoms with E-state index in [0.29, 0.717) is 25.9 Å². The summed E-state index contributed by atoms with van der Waals surface area (Å²) in [6, 6.07) is -0.546. The molecule has 0 spiro atoms. The van der Waals surface area contributed by atoms with Crippen LogP contribution in [0.5, 0.6) is 0 Å². The van der Waals surface area contributed by atoms with E-state index in [-0.39, 0.29) is 18.5 Å². The zero-order valence-electron chi connectivity index (χ0n) is 50.4. The summed E-state index contributed by atoms with van der Waals surface area (Å²) in [6.45, 7) is 4.97. The third kappa shape index (κ3) is 59.8. The van der Waals surface area contributed by atoms with Crippen LogP contribution in [0.15, 0.2) is 12.2 Å². The molecule has 0 aliphatic heterocycles. The minimum atomic E-state index is -0.668. The Labute approximate surface area is 463 Å². The monoisotopic (exact) mass is 1040 g/mol. The van der Waals surface area contributed by atoms with Crippen LogP contribution < -0.4 is 5.32 Å². The molecule has 0 aliphatic rings. The number of carbonyl (C=O) groups is 2. The van der Waals surface area contributed by atoms with Crippen molar-refractivity contribution in [1.29, 1.82) is 0 Å². The van der Waals surface area contributed by atoms with E-state index < -0.39 is 12.1 Å². The lowest BCUT2D eigenvalue weighted by Crippen LogP contribution is -2.45. The summed E-state index contributed by atoms with van der Waals surface area (Å²) in [5.74, 6) is -0.0334. The first-order valence-corrected chi connectivity index (χ1v) is 33.9. The van der Waals surface area contributed by atoms with Crippen molar-refractivity contribution in [2.24, 2.45) is 0 Å². The highest BCUT2D eigenvalue weighted by Gasteiger charge is 2.20. The molecular weight excluding hydrogens is 911 g/mol. The van der Waals surface area contributed by atoms with Gasteiger partial charge in [0, 0.05) is 12.8 Å². The normalized spacial score (nSPS) is 12.5. The summed E-state index contributed by atoms with van der Waals surface area (Å²) in [6.07, 6.45) is 78.1. The summed E-state index contributed by atoms with van der Waals surface area (Å²) in [5.41, 5.74) is 0. The van der Waals surface area contributed by atoms with Gasteiger partial charge in [-0.15, -0.1) is 0 Å². The molecule has 6 nitrogen and oxygen atoms in total. The van der Waals surface area contributed by atoms with Crippen LogP contribution in [0.2, 0.25) is 0 Å². The predicted molar refractivity (Wildman–Crippen MR) is 324 cm³/mol. The Hall–Kier alpha value is -1.40. The van der Waals surface area contributed by atoms with Gasteiger partial charge in [0.2, 0.25) is 5.91 Å². The fourth-order valence-corrected chi connectivity index (χ4v) is 10.9. The van der Waals surface area contributed by atoms with Gasteiger partial charge in [-0.1, -0.05) is 334 Å². The molecule has 0 aromatic heterocycles. The Balaban J connectivity index is 3.40. The largest absolute Gasteiger partial charge is 0.466 e. The molecule has 0 heterocycles. The Bertz CT molecular complexity index is 1110. The summed E-state index contributed by atoms with van der Waals surface area (Å²) in [5, 5.41) is 23.4. The van der Waals surface area contributed by atoms with E-state index in [1.165, 1.54) is 308 Å². The molecule has 0 fully saturated rings. The molecule has 440 valence electrons. The van der Waals surface area contributed by atoms with Gasteiger partial charge in [0.25, 0.3) is 0 Å².